The second-order valence-corrected chi connectivity index (χ2v) is 3.91. The van der Waals surface area contributed by atoms with Crippen LogP contribution in [0.3, 0.4) is 0 Å². The fourth-order valence-electron chi connectivity index (χ4n) is 1.73. The maximum Gasteiger partial charge on any atom is 0.410 e. The highest BCUT2D eigenvalue weighted by Crippen LogP contribution is 2.14. The van der Waals surface area contributed by atoms with Crippen LogP contribution in [-0.4, -0.2) is 17.5 Å². The van der Waals surface area contributed by atoms with Crippen molar-refractivity contribution < 1.29 is 9.53 Å². The molecule has 0 unspecified atom stereocenters. The van der Waals surface area contributed by atoms with Crippen LogP contribution in [0.15, 0.2) is 30.3 Å². The number of amides is 1. The molecule has 0 aliphatic carbocycles. The number of likely N-dealkylation sites (tertiary alicyclic amines) is 1. The molecule has 85 valence electrons. The number of hydrogen-bond acceptors (Lipinski definition) is 2. The first-order valence-corrected chi connectivity index (χ1v) is 5.67. The molecule has 1 aromatic carbocycles. The molecule has 1 saturated heterocycles. The van der Waals surface area contributed by atoms with Gasteiger partial charge in [-0.15, -0.1) is 0 Å². The van der Waals surface area contributed by atoms with E-state index in [9.17, 15) is 4.79 Å². The van der Waals surface area contributed by atoms with Gasteiger partial charge in [0.05, 0.1) is 6.54 Å². The van der Waals surface area contributed by atoms with Gasteiger partial charge in [-0.1, -0.05) is 30.3 Å². The van der Waals surface area contributed by atoms with Crippen LogP contribution in [0.25, 0.3) is 0 Å². The van der Waals surface area contributed by atoms with Crippen molar-refractivity contribution in [1.82, 2.24) is 4.90 Å². The monoisotopic (exact) mass is 218 g/mol. The number of benzene rings is 1. The SMILES string of the molecule is O=C(OCc1ccccc1)N1[CH]CCCC1. The minimum absolute atomic E-state index is 0.233. The van der Waals surface area contributed by atoms with Gasteiger partial charge in [0, 0.05) is 6.54 Å². The van der Waals surface area contributed by atoms with Crippen molar-refractivity contribution in [2.45, 2.75) is 25.9 Å². The van der Waals surface area contributed by atoms with Gasteiger partial charge < -0.3 is 9.64 Å². The summed E-state index contributed by atoms with van der Waals surface area (Å²) in [6.07, 6.45) is 2.98. The second-order valence-electron chi connectivity index (χ2n) is 3.91. The fourth-order valence-corrected chi connectivity index (χ4v) is 1.73. The van der Waals surface area contributed by atoms with E-state index in [0.717, 1.165) is 24.9 Å². The van der Waals surface area contributed by atoms with Gasteiger partial charge in [-0.25, -0.2) is 4.79 Å². The van der Waals surface area contributed by atoms with E-state index in [0.29, 0.717) is 6.61 Å². The van der Waals surface area contributed by atoms with Crippen LogP contribution >= 0.6 is 0 Å². The Balaban J connectivity index is 1.79. The van der Waals surface area contributed by atoms with Crippen molar-refractivity contribution >= 4 is 6.09 Å². The molecule has 0 N–H and O–H groups in total. The minimum atomic E-state index is -0.233. The molecule has 1 aromatic rings. The molecule has 1 fully saturated rings. The standard InChI is InChI=1S/C13H16NO2/c15-13(14-9-5-2-6-10-14)16-11-12-7-3-1-4-8-12/h1,3-4,7-9H,2,5-6,10-11H2. The minimum Gasteiger partial charge on any atom is -0.445 e. The molecule has 0 saturated carbocycles. The first-order valence-electron chi connectivity index (χ1n) is 5.67. The van der Waals surface area contributed by atoms with E-state index in [1.54, 1.807) is 4.90 Å². The molecule has 3 nitrogen and oxygen atoms in total. The van der Waals surface area contributed by atoms with E-state index in [1.807, 2.05) is 36.9 Å². The van der Waals surface area contributed by atoms with Crippen LogP contribution in [0.5, 0.6) is 0 Å². The van der Waals surface area contributed by atoms with Gasteiger partial charge >= 0.3 is 6.09 Å². The smallest absolute Gasteiger partial charge is 0.410 e. The molecule has 1 radical (unpaired) electrons. The summed E-state index contributed by atoms with van der Waals surface area (Å²) in [6.45, 7) is 3.06. The maximum atomic E-state index is 11.6. The Morgan fingerprint density at radius 3 is 2.75 bits per heavy atom. The molecule has 0 aromatic heterocycles. The van der Waals surface area contributed by atoms with Crippen molar-refractivity contribution in [2.24, 2.45) is 0 Å². The molecule has 1 aliphatic rings. The summed E-state index contributed by atoms with van der Waals surface area (Å²) in [5.41, 5.74) is 1.02. The van der Waals surface area contributed by atoms with Crippen LogP contribution in [0.2, 0.25) is 0 Å². The molecule has 0 spiro atoms. The Bertz CT molecular complexity index is 331. The topological polar surface area (TPSA) is 29.5 Å². The molecule has 2 rings (SSSR count). The van der Waals surface area contributed by atoms with Gasteiger partial charge in [-0.05, 0) is 24.8 Å². The molecule has 1 aliphatic heterocycles. The number of piperidine rings is 1. The van der Waals surface area contributed by atoms with Crippen LogP contribution in [0.4, 0.5) is 4.79 Å². The van der Waals surface area contributed by atoms with Crippen LogP contribution in [0.1, 0.15) is 24.8 Å². The second kappa shape index (κ2) is 5.54. The Morgan fingerprint density at radius 1 is 1.25 bits per heavy atom. The molecule has 0 bridgehead atoms. The van der Waals surface area contributed by atoms with E-state index in [-0.39, 0.29) is 6.09 Å². The molecule has 1 amide bonds. The number of hydrogen-bond donors (Lipinski definition) is 0. The Hall–Kier alpha value is -1.51. The van der Waals surface area contributed by atoms with Gasteiger partial charge in [-0.2, -0.15) is 0 Å². The number of rotatable bonds is 2. The maximum absolute atomic E-state index is 11.6. The van der Waals surface area contributed by atoms with Crippen LogP contribution in [0, 0.1) is 6.54 Å². The summed E-state index contributed by atoms with van der Waals surface area (Å²) < 4.78 is 5.22. The van der Waals surface area contributed by atoms with Gasteiger partial charge in [0.1, 0.15) is 6.61 Å². The molecule has 3 heteroatoms. The number of carbonyl (C=O) groups excluding carboxylic acids is 1. The first kappa shape index (κ1) is 11.0. The van der Waals surface area contributed by atoms with Crippen molar-refractivity contribution in [3.8, 4) is 0 Å². The molecule has 1 heterocycles. The average molecular weight is 218 g/mol. The number of carbonyl (C=O) groups is 1. The van der Waals surface area contributed by atoms with Gasteiger partial charge in [0.15, 0.2) is 0 Å². The third kappa shape index (κ3) is 2.99. The zero-order valence-electron chi connectivity index (χ0n) is 9.26. The normalized spacial score (nSPS) is 15.9. The van der Waals surface area contributed by atoms with E-state index in [2.05, 4.69) is 0 Å². The first-order chi connectivity index (χ1) is 7.86. The summed E-state index contributed by atoms with van der Waals surface area (Å²) in [7, 11) is 0. The summed E-state index contributed by atoms with van der Waals surface area (Å²) in [5.74, 6) is 0. The van der Waals surface area contributed by atoms with Crippen molar-refractivity contribution in [3.05, 3.63) is 42.4 Å². The van der Waals surface area contributed by atoms with Crippen LogP contribution < -0.4 is 0 Å². The lowest BCUT2D eigenvalue weighted by atomic mass is 10.1. The summed E-state index contributed by atoms with van der Waals surface area (Å²) in [5, 5.41) is 0. The number of nitrogens with zero attached hydrogens (tertiary/aromatic N) is 1. The summed E-state index contributed by atoms with van der Waals surface area (Å²) in [4.78, 5) is 13.3. The van der Waals surface area contributed by atoms with Gasteiger partial charge in [0.2, 0.25) is 0 Å². The fraction of sp³-hybridized carbons (Fsp3) is 0.385. The van der Waals surface area contributed by atoms with E-state index in [4.69, 9.17) is 4.74 Å². The average Bonchev–Trinajstić information content (AvgIpc) is 2.38. The quantitative estimate of drug-likeness (QED) is 0.763. The highest BCUT2D eigenvalue weighted by atomic mass is 16.6. The van der Waals surface area contributed by atoms with E-state index >= 15 is 0 Å². The summed E-state index contributed by atoms with van der Waals surface area (Å²) >= 11 is 0. The van der Waals surface area contributed by atoms with Crippen molar-refractivity contribution in [2.75, 3.05) is 6.54 Å². The van der Waals surface area contributed by atoms with Crippen molar-refractivity contribution in [1.29, 1.82) is 0 Å². The molecular weight excluding hydrogens is 202 g/mol. The summed E-state index contributed by atoms with van der Waals surface area (Å²) in [6, 6.07) is 9.73. The predicted molar refractivity (Wildman–Crippen MR) is 61.5 cm³/mol. The molecule has 0 atom stereocenters. The van der Waals surface area contributed by atoms with E-state index < -0.39 is 0 Å². The Morgan fingerprint density at radius 2 is 2.06 bits per heavy atom. The zero-order chi connectivity index (χ0) is 11.2. The molecular formula is C13H16NO2. The lowest BCUT2D eigenvalue weighted by molar-refractivity contribution is 0.0999. The highest BCUT2D eigenvalue weighted by Gasteiger charge is 2.17. The Labute approximate surface area is 96.0 Å². The van der Waals surface area contributed by atoms with E-state index in [1.165, 1.54) is 6.42 Å². The lowest BCUT2D eigenvalue weighted by Crippen LogP contribution is -2.32. The third-order valence-corrected chi connectivity index (χ3v) is 2.64. The van der Waals surface area contributed by atoms with Crippen molar-refractivity contribution in [3.63, 3.8) is 0 Å². The zero-order valence-corrected chi connectivity index (χ0v) is 9.26. The lowest BCUT2D eigenvalue weighted by Gasteiger charge is -2.25. The predicted octanol–water partition coefficient (Wildman–Crippen LogP) is 2.97. The highest BCUT2D eigenvalue weighted by molar-refractivity contribution is 5.68. The largest absolute Gasteiger partial charge is 0.445 e. The van der Waals surface area contributed by atoms with Gasteiger partial charge in [-0.3, -0.25) is 0 Å². The third-order valence-electron chi connectivity index (χ3n) is 2.64. The Kier molecular flexibility index (Phi) is 3.81. The number of ether oxygens (including phenoxy) is 1. The van der Waals surface area contributed by atoms with Crippen LogP contribution in [-0.2, 0) is 11.3 Å². The van der Waals surface area contributed by atoms with Gasteiger partial charge in [0.25, 0.3) is 0 Å². The molecule has 16 heavy (non-hydrogen) atoms.